The molecular weight excluding hydrogens is 367 g/mol. The van der Waals surface area contributed by atoms with Crippen molar-refractivity contribution in [2.75, 3.05) is 20.0 Å². The van der Waals surface area contributed by atoms with Crippen LogP contribution in [0.3, 0.4) is 0 Å². The van der Waals surface area contributed by atoms with Crippen molar-refractivity contribution in [2.45, 2.75) is 0 Å². The number of aromatic nitrogens is 1. The summed E-state index contributed by atoms with van der Waals surface area (Å²) >= 11 is 15.5. The smallest absolute Gasteiger partial charge is 0.146 e. The van der Waals surface area contributed by atoms with Crippen molar-refractivity contribution in [3.63, 3.8) is 0 Å². The fraction of sp³-hybridized carbons (Fsp3) is 0.154. The van der Waals surface area contributed by atoms with Crippen LogP contribution in [0.25, 0.3) is 11.3 Å². The molecule has 0 spiro atoms. The fourth-order valence-corrected chi connectivity index (χ4v) is 2.88. The van der Waals surface area contributed by atoms with E-state index in [0.29, 0.717) is 37.3 Å². The molecule has 7 heteroatoms. The van der Waals surface area contributed by atoms with Crippen molar-refractivity contribution in [3.8, 4) is 22.8 Å². The largest absolute Gasteiger partial charge is 0.495 e. The molecule has 1 heterocycles. The number of nitrogens with zero attached hydrogens (tertiary/aromatic N) is 1. The summed E-state index contributed by atoms with van der Waals surface area (Å²) in [5, 5.41) is 0.699. The lowest BCUT2D eigenvalue weighted by Gasteiger charge is -2.14. The van der Waals surface area contributed by atoms with Gasteiger partial charge in [-0.2, -0.15) is 0 Å². The second-order valence-electron chi connectivity index (χ2n) is 3.85. The average Bonchev–Trinajstić information content (AvgIpc) is 2.42. The maximum absolute atomic E-state index is 6.19. The number of nitrogen functional groups attached to an aromatic ring is 1. The number of benzene rings is 1. The number of anilines is 1. The van der Waals surface area contributed by atoms with E-state index in [-0.39, 0.29) is 5.82 Å². The van der Waals surface area contributed by atoms with Crippen LogP contribution in [0.5, 0.6) is 11.5 Å². The number of methoxy groups -OCH3 is 2. The summed E-state index contributed by atoms with van der Waals surface area (Å²) in [7, 11) is 3.13. The van der Waals surface area contributed by atoms with Gasteiger partial charge in [-0.3, -0.25) is 0 Å². The molecular formula is C13H11BrCl2N2O2. The minimum Gasteiger partial charge on any atom is -0.495 e. The van der Waals surface area contributed by atoms with Crippen LogP contribution in [-0.2, 0) is 0 Å². The highest BCUT2D eigenvalue weighted by Gasteiger charge is 2.18. The molecule has 0 saturated heterocycles. The number of hydrogen-bond acceptors (Lipinski definition) is 4. The fourth-order valence-electron chi connectivity index (χ4n) is 1.75. The lowest BCUT2D eigenvalue weighted by molar-refractivity contribution is 0.390. The van der Waals surface area contributed by atoms with Crippen LogP contribution in [-0.4, -0.2) is 19.2 Å². The standard InChI is InChI=1S/C13H11BrCl2N2O2/c1-19-9-4-3-6(12(20-2)10(9)14)11-7(15)5-8(16)13(17)18-11/h3-5H,1-2H3,(H2,17,18). The second kappa shape index (κ2) is 6.08. The molecule has 0 unspecified atom stereocenters. The molecule has 0 aliphatic heterocycles. The minimum absolute atomic E-state index is 0.208. The third-order valence-corrected chi connectivity index (χ3v) is 4.04. The van der Waals surface area contributed by atoms with Crippen LogP contribution in [0, 0.1) is 0 Å². The average molecular weight is 378 g/mol. The van der Waals surface area contributed by atoms with E-state index in [9.17, 15) is 0 Å². The van der Waals surface area contributed by atoms with E-state index in [0.717, 1.165) is 0 Å². The molecule has 4 nitrogen and oxygen atoms in total. The van der Waals surface area contributed by atoms with Crippen LogP contribution >= 0.6 is 39.1 Å². The maximum atomic E-state index is 6.19. The van der Waals surface area contributed by atoms with Crippen molar-refractivity contribution in [1.82, 2.24) is 4.98 Å². The number of hydrogen-bond donors (Lipinski definition) is 1. The molecule has 0 amide bonds. The van der Waals surface area contributed by atoms with Gasteiger partial charge in [0.05, 0.1) is 30.0 Å². The predicted octanol–water partition coefficient (Wildman–Crippen LogP) is 4.42. The minimum atomic E-state index is 0.208. The van der Waals surface area contributed by atoms with Gasteiger partial charge in [0, 0.05) is 5.56 Å². The number of rotatable bonds is 3. The van der Waals surface area contributed by atoms with E-state index in [1.807, 2.05) is 0 Å². The molecule has 0 radical (unpaired) electrons. The topological polar surface area (TPSA) is 57.4 Å². The highest BCUT2D eigenvalue weighted by Crippen LogP contribution is 2.43. The maximum Gasteiger partial charge on any atom is 0.146 e. The van der Waals surface area contributed by atoms with Crippen molar-refractivity contribution < 1.29 is 9.47 Å². The summed E-state index contributed by atoms with van der Waals surface area (Å²) in [5.41, 5.74) is 6.92. The van der Waals surface area contributed by atoms with Gasteiger partial charge in [-0.1, -0.05) is 23.2 Å². The van der Waals surface area contributed by atoms with Gasteiger partial charge in [-0.25, -0.2) is 4.98 Å². The third kappa shape index (κ3) is 2.66. The highest BCUT2D eigenvalue weighted by atomic mass is 79.9. The summed E-state index contributed by atoms with van der Waals surface area (Å²) < 4.78 is 11.3. The Morgan fingerprint density at radius 2 is 1.85 bits per heavy atom. The Kier molecular flexibility index (Phi) is 4.62. The van der Waals surface area contributed by atoms with E-state index >= 15 is 0 Å². The number of ether oxygens (including phenoxy) is 2. The van der Waals surface area contributed by atoms with Gasteiger partial charge in [-0.15, -0.1) is 0 Å². The molecule has 2 N–H and O–H groups in total. The second-order valence-corrected chi connectivity index (χ2v) is 5.46. The normalized spacial score (nSPS) is 10.4. The van der Waals surface area contributed by atoms with Crippen LogP contribution in [0.2, 0.25) is 10.0 Å². The van der Waals surface area contributed by atoms with Crippen molar-refractivity contribution in [2.24, 2.45) is 0 Å². The van der Waals surface area contributed by atoms with Crippen molar-refractivity contribution in [1.29, 1.82) is 0 Å². The monoisotopic (exact) mass is 376 g/mol. The molecule has 1 aromatic heterocycles. The summed E-state index contributed by atoms with van der Waals surface area (Å²) in [5.74, 6) is 1.41. The lowest BCUT2D eigenvalue weighted by Crippen LogP contribution is -1.98. The number of pyridine rings is 1. The Morgan fingerprint density at radius 3 is 2.45 bits per heavy atom. The molecule has 0 fully saturated rings. The zero-order valence-corrected chi connectivity index (χ0v) is 13.8. The molecule has 2 rings (SSSR count). The Hall–Kier alpha value is -1.17. The summed E-state index contributed by atoms with van der Waals surface area (Å²) in [4.78, 5) is 4.22. The molecule has 0 bridgehead atoms. The lowest BCUT2D eigenvalue weighted by atomic mass is 10.1. The molecule has 0 saturated carbocycles. The zero-order chi connectivity index (χ0) is 14.9. The first-order valence-corrected chi connectivity index (χ1v) is 7.06. The van der Waals surface area contributed by atoms with Crippen molar-refractivity contribution >= 4 is 44.9 Å². The quantitative estimate of drug-likeness (QED) is 0.860. The van der Waals surface area contributed by atoms with Gasteiger partial charge in [0.25, 0.3) is 0 Å². The van der Waals surface area contributed by atoms with Gasteiger partial charge in [0.1, 0.15) is 21.8 Å². The van der Waals surface area contributed by atoms with Crippen LogP contribution in [0.4, 0.5) is 5.82 Å². The predicted molar refractivity (Wildman–Crippen MR) is 84.9 cm³/mol. The Morgan fingerprint density at radius 1 is 1.15 bits per heavy atom. The van der Waals surface area contributed by atoms with E-state index in [2.05, 4.69) is 20.9 Å². The molecule has 0 aliphatic rings. The van der Waals surface area contributed by atoms with E-state index in [4.69, 9.17) is 38.4 Å². The third-order valence-electron chi connectivity index (χ3n) is 2.70. The first kappa shape index (κ1) is 15.2. The molecule has 0 atom stereocenters. The van der Waals surface area contributed by atoms with Crippen molar-refractivity contribution in [3.05, 3.63) is 32.7 Å². The molecule has 2 aromatic rings. The van der Waals surface area contributed by atoms with E-state index in [1.54, 1.807) is 32.4 Å². The van der Waals surface area contributed by atoms with Crippen LogP contribution in [0.1, 0.15) is 0 Å². The summed E-state index contributed by atoms with van der Waals surface area (Å²) in [6.45, 7) is 0. The van der Waals surface area contributed by atoms with Gasteiger partial charge < -0.3 is 15.2 Å². The molecule has 0 aliphatic carbocycles. The molecule has 106 valence electrons. The van der Waals surface area contributed by atoms with Gasteiger partial charge in [0.2, 0.25) is 0 Å². The Bertz CT molecular complexity index is 665. The summed E-state index contributed by atoms with van der Waals surface area (Å²) in [6, 6.07) is 5.13. The Labute approximate surface area is 134 Å². The first-order chi connectivity index (χ1) is 9.49. The van der Waals surface area contributed by atoms with Gasteiger partial charge in [0.15, 0.2) is 0 Å². The molecule has 20 heavy (non-hydrogen) atoms. The van der Waals surface area contributed by atoms with E-state index < -0.39 is 0 Å². The van der Waals surface area contributed by atoms with Gasteiger partial charge >= 0.3 is 0 Å². The number of nitrogens with two attached hydrogens (primary N) is 1. The zero-order valence-electron chi connectivity index (χ0n) is 10.7. The van der Waals surface area contributed by atoms with Gasteiger partial charge in [-0.05, 0) is 34.1 Å². The molecule has 1 aromatic carbocycles. The Balaban J connectivity index is 2.70. The van der Waals surface area contributed by atoms with Crippen LogP contribution < -0.4 is 15.2 Å². The van der Waals surface area contributed by atoms with E-state index in [1.165, 1.54) is 0 Å². The first-order valence-electron chi connectivity index (χ1n) is 5.52. The highest BCUT2D eigenvalue weighted by molar-refractivity contribution is 9.10. The number of halogens is 3. The SMILES string of the molecule is COc1ccc(-c2nc(N)c(Cl)cc2Cl)c(OC)c1Br. The summed E-state index contributed by atoms with van der Waals surface area (Å²) in [6.07, 6.45) is 0. The van der Waals surface area contributed by atoms with Crippen LogP contribution in [0.15, 0.2) is 22.7 Å².